The monoisotopic (exact) mass is 284 g/mol. The number of rotatable bonds is 3. The van der Waals surface area contributed by atoms with Crippen molar-refractivity contribution in [1.29, 1.82) is 0 Å². The van der Waals surface area contributed by atoms with E-state index in [-0.39, 0.29) is 21.1 Å². The van der Waals surface area contributed by atoms with Crippen LogP contribution in [0.15, 0.2) is 0 Å². The van der Waals surface area contributed by atoms with E-state index >= 15 is 0 Å². The van der Waals surface area contributed by atoms with Gasteiger partial charge in [0.2, 0.25) is 0 Å². The molecule has 1 atom stereocenters. The molecular weight excluding hydrogens is 268 g/mol. The molecule has 0 aliphatic rings. The molecule has 0 aliphatic heterocycles. The molecule has 0 N–H and O–H groups in total. The average molecular weight is 284 g/mol. The summed E-state index contributed by atoms with van der Waals surface area (Å²) in [5.41, 5.74) is 0. The maximum absolute atomic E-state index is 2.31. The fraction of sp³-hybridized carbons (Fsp3) is 1.00. The molecule has 0 heterocycles. The summed E-state index contributed by atoms with van der Waals surface area (Å²) < 4.78 is 0. The van der Waals surface area contributed by atoms with Crippen molar-refractivity contribution in [1.82, 2.24) is 0 Å². The molecule has 1 unspecified atom stereocenters. The van der Waals surface area contributed by atoms with E-state index in [9.17, 15) is 0 Å². The molecule has 0 nitrogen and oxygen atoms in total. The first-order valence-electron chi connectivity index (χ1n) is 3.31. The van der Waals surface area contributed by atoms with Crippen molar-refractivity contribution in [2.24, 2.45) is 5.92 Å². The van der Waals surface area contributed by atoms with Crippen LogP contribution in [0.3, 0.4) is 0 Å². The van der Waals surface area contributed by atoms with Crippen LogP contribution in [0.2, 0.25) is 0 Å². The van der Waals surface area contributed by atoms with Gasteiger partial charge in [-0.05, 0) is 5.92 Å². The molecule has 0 radical (unpaired) electrons. The molecule has 50 valence electrons. The second-order valence-corrected chi connectivity index (χ2v) is 2.30. The smallest absolute Gasteiger partial charge is 0 e. The van der Waals surface area contributed by atoms with Gasteiger partial charge in [0, 0.05) is 21.1 Å². The fourth-order valence-corrected chi connectivity index (χ4v) is 0.697. The molecule has 0 saturated heterocycles. The van der Waals surface area contributed by atoms with Crippen LogP contribution < -0.4 is 0 Å². The Hall–Kier alpha value is 0.688. The SMILES string of the molecule is CCCC(C)CC.[W]. The zero-order chi connectivity index (χ0) is 5.70. The van der Waals surface area contributed by atoms with Crippen molar-refractivity contribution < 1.29 is 21.1 Å². The first-order valence-corrected chi connectivity index (χ1v) is 3.31. The minimum atomic E-state index is 0. The molecule has 0 aliphatic carbocycles. The van der Waals surface area contributed by atoms with Gasteiger partial charge in [-0.2, -0.15) is 0 Å². The van der Waals surface area contributed by atoms with E-state index in [1.165, 1.54) is 19.3 Å². The predicted octanol–water partition coefficient (Wildman–Crippen LogP) is 2.83. The molecule has 0 aromatic heterocycles. The largest absolute Gasteiger partial charge is 0.0654 e. The Morgan fingerprint density at radius 3 is 1.88 bits per heavy atom. The third-order valence-corrected chi connectivity index (χ3v) is 1.48. The molecule has 0 spiro atoms. The van der Waals surface area contributed by atoms with Crippen LogP contribution in [0.25, 0.3) is 0 Å². The Bertz CT molecular complexity index is 35.4. The second kappa shape index (κ2) is 7.69. The van der Waals surface area contributed by atoms with E-state index in [1.54, 1.807) is 0 Å². The van der Waals surface area contributed by atoms with Gasteiger partial charge in [0.25, 0.3) is 0 Å². The van der Waals surface area contributed by atoms with Gasteiger partial charge in [-0.1, -0.05) is 40.0 Å². The summed E-state index contributed by atoms with van der Waals surface area (Å²) in [7, 11) is 0. The first-order chi connectivity index (χ1) is 3.31. The van der Waals surface area contributed by atoms with Gasteiger partial charge in [-0.3, -0.25) is 0 Å². The molecule has 0 fully saturated rings. The summed E-state index contributed by atoms with van der Waals surface area (Å²) in [4.78, 5) is 0. The van der Waals surface area contributed by atoms with E-state index in [1.807, 2.05) is 0 Å². The molecule has 8 heavy (non-hydrogen) atoms. The predicted molar refractivity (Wildman–Crippen MR) is 34.4 cm³/mol. The van der Waals surface area contributed by atoms with Crippen LogP contribution in [0.4, 0.5) is 0 Å². The van der Waals surface area contributed by atoms with Crippen LogP contribution in [0.1, 0.15) is 40.0 Å². The first kappa shape index (κ1) is 11.5. The molecule has 0 saturated carbocycles. The topological polar surface area (TPSA) is 0 Å². The second-order valence-electron chi connectivity index (χ2n) is 2.30. The summed E-state index contributed by atoms with van der Waals surface area (Å²) in [6, 6.07) is 0. The van der Waals surface area contributed by atoms with Gasteiger partial charge < -0.3 is 0 Å². The maximum atomic E-state index is 2.31. The van der Waals surface area contributed by atoms with E-state index in [2.05, 4.69) is 20.8 Å². The minimum absolute atomic E-state index is 0. The van der Waals surface area contributed by atoms with Crippen LogP contribution in [-0.2, 0) is 21.1 Å². The normalized spacial score (nSPS) is 12.4. The Morgan fingerprint density at radius 2 is 1.75 bits per heavy atom. The van der Waals surface area contributed by atoms with Crippen molar-refractivity contribution in [3.05, 3.63) is 0 Å². The van der Waals surface area contributed by atoms with Gasteiger partial charge in [-0.15, -0.1) is 0 Å². The summed E-state index contributed by atoms with van der Waals surface area (Å²) in [6.45, 7) is 6.80. The van der Waals surface area contributed by atoms with Crippen molar-refractivity contribution in [3.8, 4) is 0 Å². The number of hydrogen-bond donors (Lipinski definition) is 0. The van der Waals surface area contributed by atoms with Gasteiger partial charge in [0.1, 0.15) is 0 Å². The van der Waals surface area contributed by atoms with Gasteiger partial charge in [-0.25, -0.2) is 0 Å². The summed E-state index contributed by atoms with van der Waals surface area (Å²) in [6.07, 6.45) is 4.08. The van der Waals surface area contributed by atoms with Crippen molar-refractivity contribution in [2.75, 3.05) is 0 Å². The zero-order valence-electron chi connectivity index (χ0n) is 6.11. The third kappa shape index (κ3) is 6.69. The van der Waals surface area contributed by atoms with E-state index < -0.39 is 0 Å². The Kier molecular flexibility index (Phi) is 11.0. The Balaban J connectivity index is 0. The van der Waals surface area contributed by atoms with E-state index in [0.29, 0.717) is 0 Å². The fourth-order valence-electron chi connectivity index (χ4n) is 0.697. The molecule has 0 aromatic rings. The number of hydrogen-bond acceptors (Lipinski definition) is 0. The Morgan fingerprint density at radius 1 is 1.25 bits per heavy atom. The standard InChI is InChI=1S/C7H16.W/c1-4-6-7(3)5-2;/h7H,4-6H2,1-3H3;. The van der Waals surface area contributed by atoms with Crippen molar-refractivity contribution >= 4 is 0 Å². The zero-order valence-corrected chi connectivity index (χ0v) is 9.04. The Labute approximate surface area is 67.3 Å². The summed E-state index contributed by atoms with van der Waals surface area (Å²) >= 11 is 0. The maximum Gasteiger partial charge on any atom is 0 e. The average Bonchev–Trinajstić information content (AvgIpc) is 1.68. The van der Waals surface area contributed by atoms with Crippen LogP contribution in [0.5, 0.6) is 0 Å². The minimum Gasteiger partial charge on any atom is -0.0654 e. The molecule has 1 heteroatoms. The van der Waals surface area contributed by atoms with E-state index in [4.69, 9.17) is 0 Å². The molecule has 0 amide bonds. The van der Waals surface area contributed by atoms with Crippen LogP contribution in [-0.4, -0.2) is 0 Å². The van der Waals surface area contributed by atoms with E-state index in [0.717, 1.165) is 5.92 Å². The molecule has 0 rings (SSSR count). The van der Waals surface area contributed by atoms with Crippen molar-refractivity contribution in [2.45, 2.75) is 40.0 Å². The van der Waals surface area contributed by atoms with Crippen LogP contribution >= 0.6 is 0 Å². The van der Waals surface area contributed by atoms with Crippen LogP contribution in [0, 0.1) is 5.92 Å². The third-order valence-electron chi connectivity index (χ3n) is 1.48. The van der Waals surface area contributed by atoms with Gasteiger partial charge in [0.15, 0.2) is 0 Å². The molecule has 0 bridgehead atoms. The quantitative estimate of drug-likeness (QED) is 0.747. The van der Waals surface area contributed by atoms with Gasteiger partial charge >= 0.3 is 0 Å². The molecule has 0 aromatic carbocycles. The summed E-state index contributed by atoms with van der Waals surface area (Å²) in [5.74, 6) is 0.949. The summed E-state index contributed by atoms with van der Waals surface area (Å²) in [5, 5.41) is 0. The van der Waals surface area contributed by atoms with Crippen molar-refractivity contribution in [3.63, 3.8) is 0 Å². The van der Waals surface area contributed by atoms with Gasteiger partial charge in [0.05, 0.1) is 0 Å². The molecular formula is C7H16W.